The van der Waals surface area contributed by atoms with E-state index in [0.717, 1.165) is 19.5 Å². The lowest BCUT2D eigenvalue weighted by molar-refractivity contribution is -0.121. The number of amides is 1. The first-order chi connectivity index (χ1) is 8.19. The normalized spacial score (nSPS) is 21.1. The summed E-state index contributed by atoms with van der Waals surface area (Å²) in [5.41, 5.74) is 0.721. The molecule has 0 aliphatic heterocycles. The minimum atomic E-state index is 0.194. The molecule has 0 bridgehead atoms. The molecule has 0 heterocycles. The van der Waals surface area contributed by atoms with Crippen molar-refractivity contribution in [2.45, 2.75) is 60.4 Å². The molecule has 106 valence electrons. The van der Waals surface area contributed by atoms with Crippen molar-refractivity contribution in [3.8, 4) is 0 Å². The van der Waals surface area contributed by atoms with Crippen LogP contribution in [-0.4, -0.2) is 25.0 Å². The Balaban J connectivity index is 2.12. The lowest BCUT2D eigenvalue weighted by Gasteiger charge is -2.08. The lowest BCUT2D eigenvalue weighted by Crippen LogP contribution is -2.29. The maximum Gasteiger partial charge on any atom is 0.220 e. The van der Waals surface area contributed by atoms with Gasteiger partial charge in [0.2, 0.25) is 5.91 Å². The molecule has 1 amide bonds. The van der Waals surface area contributed by atoms with Crippen LogP contribution in [0.1, 0.15) is 54.4 Å². The molecule has 3 heteroatoms. The maximum atomic E-state index is 11.7. The van der Waals surface area contributed by atoms with Crippen molar-refractivity contribution in [1.82, 2.24) is 10.6 Å². The van der Waals surface area contributed by atoms with Crippen molar-refractivity contribution in [3.63, 3.8) is 0 Å². The number of hydrogen-bond acceptors (Lipinski definition) is 2. The highest BCUT2D eigenvalue weighted by molar-refractivity contribution is 5.75. The Morgan fingerprint density at radius 2 is 1.72 bits per heavy atom. The summed E-state index contributed by atoms with van der Waals surface area (Å²) in [7, 11) is 0. The molecule has 18 heavy (non-hydrogen) atoms. The number of rotatable bonds is 7. The standard InChI is InChI=1S/C15H30N2O/c1-11(2)16-9-7-8-13(18)17-10-12-14(3,4)15(12,5)6/h11-12,16H,7-10H2,1-6H3,(H,17,18). The zero-order valence-corrected chi connectivity index (χ0v) is 12.9. The molecule has 0 spiro atoms. The quantitative estimate of drug-likeness (QED) is 0.686. The van der Waals surface area contributed by atoms with Crippen molar-refractivity contribution in [2.75, 3.05) is 13.1 Å². The predicted molar refractivity (Wildman–Crippen MR) is 76.4 cm³/mol. The van der Waals surface area contributed by atoms with E-state index in [0.29, 0.717) is 29.2 Å². The van der Waals surface area contributed by atoms with Gasteiger partial charge in [0.25, 0.3) is 0 Å². The third-order valence-corrected chi connectivity index (χ3v) is 4.96. The SMILES string of the molecule is CC(C)NCCCC(=O)NCC1C(C)(C)C1(C)C. The maximum absolute atomic E-state index is 11.7. The number of nitrogens with one attached hydrogen (secondary N) is 2. The molecule has 0 radical (unpaired) electrons. The van der Waals surface area contributed by atoms with E-state index in [9.17, 15) is 4.79 Å². The van der Waals surface area contributed by atoms with Crippen LogP contribution in [0.3, 0.4) is 0 Å². The zero-order chi connectivity index (χ0) is 14.0. The van der Waals surface area contributed by atoms with Crippen molar-refractivity contribution in [3.05, 3.63) is 0 Å². The van der Waals surface area contributed by atoms with E-state index >= 15 is 0 Å². The minimum absolute atomic E-state index is 0.194. The highest BCUT2D eigenvalue weighted by Crippen LogP contribution is 2.67. The fourth-order valence-electron chi connectivity index (χ4n) is 2.79. The van der Waals surface area contributed by atoms with E-state index in [1.54, 1.807) is 0 Å². The van der Waals surface area contributed by atoms with Crippen LogP contribution in [0.25, 0.3) is 0 Å². The summed E-state index contributed by atoms with van der Waals surface area (Å²) >= 11 is 0. The Hall–Kier alpha value is -0.570. The summed E-state index contributed by atoms with van der Waals surface area (Å²) < 4.78 is 0. The van der Waals surface area contributed by atoms with Gasteiger partial charge in [-0.15, -0.1) is 0 Å². The Morgan fingerprint density at radius 1 is 1.17 bits per heavy atom. The van der Waals surface area contributed by atoms with E-state index in [4.69, 9.17) is 0 Å². The van der Waals surface area contributed by atoms with Gasteiger partial charge in [-0.2, -0.15) is 0 Å². The first kappa shape index (κ1) is 15.5. The molecular weight excluding hydrogens is 224 g/mol. The molecule has 3 nitrogen and oxygen atoms in total. The number of carbonyl (C=O) groups is 1. The van der Waals surface area contributed by atoms with Crippen LogP contribution in [-0.2, 0) is 4.79 Å². The molecule has 0 aromatic heterocycles. The van der Waals surface area contributed by atoms with Crippen LogP contribution in [0.4, 0.5) is 0 Å². The monoisotopic (exact) mass is 254 g/mol. The molecule has 1 aliphatic rings. The Bertz CT molecular complexity index is 281. The summed E-state index contributed by atoms with van der Waals surface area (Å²) in [5.74, 6) is 0.807. The number of carbonyl (C=O) groups excluding carboxylic acids is 1. The van der Waals surface area contributed by atoms with Gasteiger partial charge in [0.15, 0.2) is 0 Å². The smallest absolute Gasteiger partial charge is 0.220 e. The van der Waals surface area contributed by atoms with E-state index in [1.165, 1.54) is 0 Å². The predicted octanol–water partition coefficient (Wildman–Crippen LogP) is 2.56. The van der Waals surface area contributed by atoms with Crippen LogP contribution in [0.2, 0.25) is 0 Å². The molecule has 0 atom stereocenters. The van der Waals surface area contributed by atoms with Gasteiger partial charge < -0.3 is 10.6 Å². The molecule has 0 unspecified atom stereocenters. The van der Waals surface area contributed by atoms with Gasteiger partial charge in [0.05, 0.1) is 0 Å². The summed E-state index contributed by atoms with van der Waals surface area (Å²) in [6.45, 7) is 15.1. The Kier molecular flexibility index (Phi) is 4.82. The van der Waals surface area contributed by atoms with E-state index < -0.39 is 0 Å². The molecule has 0 saturated heterocycles. The molecule has 2 N–H and O–H groups in total. The second-order valence-electron chi connectivity index (χ2n) is 7.01. The van der Waals surface area contributed by atoms with Crippen LogP contribution < -0.4 is 10.6 Å². The highest BCUT2D eigenvalue weighted by atomic mass is 16.1. The molecular formula is C15H30N2O. The van der Waals surface area contributed by atoms with Gasteiger partial charge in [-0.05, 0) is 29.7 Å². The molecule has 1 rings (SSSR count). The molecule has 1 saturated carbocycles. The van der Waals surface area contributed by atoms with Crippen LogP contribution in [0.15, 0.2) is 0 Å². The van der Waals surface area contributed by atoms with Gasteiger partial charge in [-0.25, -0.2) is 0 Å². The van der Waals surface area contributed by atoms with Gasteiger partial charge >= 0.3 is 0 Å². The van der Waals surface area contributed by atoms with Crippen molar-refractivity contribution in [2.24, 2.45) is 16.7 Å². The largest absolute Gasteiger partial charge is 0.356 e. The molecule has 1 fully saturated rings. The van der Waals surface area contributed by atoms with Gasteiger partial charge in [-0.1, -0.05) is 41.5 Å². The van der Waals surface area contributed by atoms with Crippen LogP contribution in [0, 0.1) is 16.7 Å². The van der Waals surface area contributed by atoms with Crippen LogP contribution in [0.5, 0.6) is 0 Å². The third-order valence-electron chi connectivity index (χ3n) is 4.96. The number of hydrogen-bond donors (Lipinski definition) is 2. The topological polar surface area (TPSA) is 41.1 Å². The van der Waals surface area contributed by atoms with E-state index in [-0.39, 0.29) is 5.91 Å². The Morgan fingerprint density at radius 3 is 2.17 bits per heavy atom. The highest BCUT2D eigenvalue weighted by Gasteiger charge is 2.64. The second-order valence-corrected chi connectivity index (χ2v) is 7.01. The fourth-order valence-corrected chi connectivity index (χ4v) is 2.79. The second kappa shape index (κ2) is 5.60. The zero-order valence-electron chi connectivity index (χ0n) is 12.9. The third kappa shape index (κ3) is 3.47. The van der Waals surface area contributed by atoms with Crippen molar-refractivity contribution < 1.29 is 4.79 Å². The summed E-state index contributed by atoms with van der Waals surface area (Å²) in [6.07, 6.45) is 1.55. The van der Waals surface area contributed by atoms with E-state index in [2.05, 4.69) is 52.2 Å². The molecule has 0 aromatic carbocycles. The van der Waals surface area contributed by atoms with Crippen molar-refractivity contribution >= 4 is 5.91 Å². The fraction of sp³-hybridized carbons (Fsp3) is 0.933. The average molecular weight is 254 g/mol. The van der Waals surface area contributed by atoms with Crippen LogP contribution >= 0.6 is 0 Å². The van der Waals surface area contributed by atoms with Crippen molar-refractivity contribution in [1.29, 1.82) is 0 Å². The summed E-state index contributed by atoms with van der Waals surface area (Å²) in [6, 6.07) is 0.501. The lowest BCUT2D eigenvalue weighted by atomic mass is 10.0. The first-order valence-corrected chi connectivity index (χ1v) is 7.19. The van der Waals surface area contributed by atoms with Gasteiger partial charge in [0.1, 0.15) is 0 Å². The van der Waals surface area contributed by atoms with Gasteiger partial charge in [-0.3, -0.25) is 4.79 Å². The summed E-state index contributed by atoms with van der Waals surface area (Å²) in [4.78, 5) is 11.7. The first-order valence-electron chi connectivity index (χ1n) is 7.19. The molecule has 1 aliphatic carbocycles. The van der Waals surface area contributed by atoms with E-state index in [1.807, 2.05) is 0 Å². The molecule has 0 aromatic rings. The van der Waals surface area contributed by atoms with Gasteiger partial charge in [0, 0.05) is 19.0 Å². The average Bonchev–Trinajstić information content (AvgIpc) is 2.62. The Labute approximate surface area is 112 Å². The summed E-state index contributed by atoms with van der Waals surface area (Å²) in [5, 5.41) is 6.40. The minimum Gasteiger partial charge on any atom is -0.356 e.